The molecule has 10 heteroatoms. The molecule has 2 aliphatic heterocycles. The molecule has 1 aromatic carbocycles. The van der Waals surface area contributed by atoms with E-state index >= 15 is 0 Å². The molecule has 2 heterocycles. The number of halogens is 3. The molecule has 0 aliphatic carbocycles. The monoisotopic (exact) mass is 400 g/mol. The molecule has 0 bridgehead atoms. The summed E-state index contributed by atoms with van der Waals surface area (Å²) in [5.74, 6) is -0.384. The van der Waals surface area contributed by atoms with E-state index in [1.807, 2.05) is 4.90 Å². The fourth-order valence-electron chi connectivity index (χ4n) is 3.80. The van der Waals surface area contributed by atoms with Crippen LogP contribution in [0.1, 0.15) is 29.6 Å². The number of alkyl halides is 3. The van der Waals surface area contributed by atoms with Crippen LogP contribution in [-0.4, -0.2) is 72.6 Å². The van der Waals surface area contributed by atoms with Gasteiger partial charge in [0.15, 0.2) is 0 Å². The molecule has 0 atom stereocenters. The van der Waals surface area contributed by atoms with Crippen LogP contribution in [0.4, 0.5) is 24.5 Å². The van der Waals surface area contributed by atoms with Crippen molar-refractivity contribution in [2.45, 2.75) is 25.4 Å². The van der Waals surface area contributed by atoms with E-state index in [0.29, 0.717) is 18.7 Å². The van der Waals surface area contributed by atoms with Crippen LogP contribution in [0.3, 0.4) is 0 Å². The van der Waals surface area contributed by atoms with E-state index in [-0.39, 0.29) is 36.8 Å². The fourth-order valence-corrected chi connectivity index (χ4v) is 3.80. The summed E-state index contributed by atoms with van der Waals surface area (Å²) in [4.78, 5) is 28.5. The molecule has 2 aliphatic rings. The molecule has 0 saturated carbocycles. The number of hydrogen-bond acceptors (Lipinski definition) is 5. The molecule has 0 aromatic heterocycles. The topological polar surface area (TPSA) is 69.9 Å². The first-order valence-electron chi connectivity index (χ1n) is 9.36. The summed E-state index contributed by atoms with van der Waals surface area (Å²) >= 11 is 0. The zero-order valence-electron chi connectivity index (χ0n) is 15.5. The molecule has 28 heavy (non-hydrogen) atoms. The van der Waals surface area contributed by atoms with Crippen molar-refractivity contribution in [2.75, 3.05) is 50.7 Å². The third-order valence-corrected chi connectivity index (χ3v) is 5.14. The third kappa shape index (κ3) is 4.92. The van der Waals surface area contributed by atoms with E-state index in [1.165, 1.54) is 15.9 Å². The summed E-state index contributed by atoms with van der Waals surface area (Å²) in [5.41, 5.74) is 0.589. The van der Waals surface area contributed by atoms with Crippen molar-refractivity contribution in [3.63, 3.8) is 0 Å². The van der Waals surface area contributed by atoms with E-state index in [4.69, 9.17) is 0 Å². The van der Waals surface area contributed by atoms with Crippen LogP contribution in [-0.2, 0) is 0 Å². The van der Waals surface area contributed by atoms with Gasteiger partial charge in [0.2, 0.25) is 0 Å². The van der Waals surface area contributed by atoms with Gasteiger partial charge in [-0.25, -0.2) is 0 Å². The summed E-state index contributed by atoms with van der Waals surface area (Å²) in [7, 11) is 0. The molecular weight excluding hydrogens is 377 g/mol. The number of nitro benzene ring substituents is 1. The number of carbonyl (C=O) groups is 1. The van der Waals surface area contributed by atoms with Crippen LogP contribution in [0.25, 0.3) is 0 Å². The Balaban J connectivity index is 1.73. The number of rotatable bonds is 4. The molecule has 154 valence electrons. The van der Waals surface area contributed by atoms with Crippen molar-refractivity contribution in [3.8, 4) is 0 Å². The van der Waals surface area contributed by atoms with Gasteiger partial charge < -0.3 is 9.80 Å². The van der Waals surface area contributed by atoms with Gasteiger partial charge in [-0.05, 0) is 31.4 Å². The first-order chi connectivity index (χ1) is 13.2. The highest BCUT2D eigenvalue weighted by atomic mass is 19.4. The van der Waals surface area contributed by atoms with Crippen LogP contribution in [0, 0.1) is 10.1 Å². The molecule has 1 amide bonds. The largest absolute Gasteiger partial charge is 0.401 e. The van der Waals surface area contributed by atoms with E-state index in [2.05, 4.69) is 0 Å². The van der Waals surface area contributed by atoms with Crippen LogP contribution >= 0.6 is 0 Å². The normalized spacial score (nSPS) is 19.0. The first-order valence-corrected chi connectivity index (χ1v) is 9.36. The van der Waals surface area contributed by atoms with Crippen LogP contribution in [0.2, 0.25) is 0 Å². The van der Waals surface area contributed by atoms with E-state index in [1.54, 1.807) is 12.1 Å². The molecule has 2 fully saturated rings. The minimum atomic E-state index is -4.27. The summed E-state index contributed by atoms with van der Waals surface area (Å²) in [5, 5.41) is 11.5. The number of nitro groups is 1. The van der Waals surface area contributed by atoms with Crippen molar-refractivity contribution in [1.29, 1.82) is 0 Å². The minimum absolute atomic E-state index is 0.110. The highest BCUT2D eigenvalue weighted by molar-refractivity contribution is 5.95. The Morgan fingerprint density at radius 2 is 1.75 bits per heavy atom. The van der Waals surface area contributed by atoms with Gasteiger partial charge in [0, 0.05) is 50.9 Å². The molecule has 0 radical (unpaired) electrons. The molecule has 3 rings (SSSR count). The van der Waals surface area contributed by atoms with Gasteiger partial charge in [-0.15, -0.1) is 0 Å². The number of benzene rings is 1. The summed E-state index contributed by atoms with van der Waals surface area (Å²) < 4.78 is 37.8. The second-order valence-corrected chi connectivity index (χ2v) is 7.19. The van der Waals surface area contributed by atoms with Gasteiger partial charge >= 0.3 is 6.18 Å². The Morgan fingerprint density at radius 1 is 1.04 bits per heavy atom. The lowest BCUT2D eigenvalue weighted by molar-refractivity contribution is -0.384. The molecule has 0 unspecified atom stereocenters. The van der Waals surface area contributed by atoms with Crippen molar-refractivity contribution < 1.29 is 22.9 Å². The Labute approximate surface area is 160 Å². The predicted octanol–water partition coefficient (Wildman–Crippen LogP) is 2.91. The van der Waals surface area contributed by atoms with Crippen LogP contribution in [0.15, 0.2) is 18.2 Å². The lowest BCUT2D eigenvalue weighted by Crippen LogP contribution is -2.38. The van der Waals surface area contributed by atoms with Crippen molar-refractivity contribution in [1.82, 2.24) is 9.80 Å². The van der Waals surface area contributed by atoms with Gasteiger partial charge in [0.1, 0.15) is 5.69 Å². The fraction of sp³-hybridized carbons (Fsp3) is 0.611. The summed E-state index contributed by atoms with van der Waals surface area (Å²) in [6.45, 7) is 1.37. The van der Waals surface area contributed by atoms with Gasteiger partial charge in [0.05, 0.1) is 11.5 Å². The van der Waals surface area contributed by atoms with Crippen molar-refractivity contribution in [2.24, 2.45) is 0 Å². The Bertz CT molecular complexity index is 735. The van der Waals surface area contributed by atoms with Crippen molar-refractivity contribution >= 4 is 17.3 Å². The molecule has 0 spiro atoms. The average molecular weight is 400 g/mol. The number of amides is 1. The van der Waals surface area contributed by atoms with Crippen LogP contribution in [0.5, 0.6) is 0 Å². The Kier molecular flexibility index (Phi) is 6.07. The van der Waals surface area contributed by atoms with E-state index in [0.717, 1.165) is 25.9 Å². The lowest BCUT2D eigenvalue weighted by atomic mass is 10.1. The zero-order valence-corrected chi connectivity index (χ0v) is 15.5. The quantitative estimate of drug-likeness (QED) is 0.574. The minimum Gasteiger partial charge on any atom is -0.366 e. The number of nitrogens with zero attached hydrogens (tertiary/aromatic N) is 4. The Morgan fingerprint density at radius 3 is 2.39 bits per heavy atom. The third-order valence-electron chi connectivity index (χ3n) is 5.14. The van der Waals surface area contributed by atoms with Crippen LogP contribution < -0.4 is 4.90 Å². The second-order valence-electron chi connectivity index (χ2n) is 7.19. The van der Waals surface area contributed by atoms with Gasteiger partial charge in [-0.2, -0.15) is 13.2 Å². The highest BCUT2D eigenvalue weighted by Crippen LogP contribution is 2.32. The number of carbonyl (C=O) groups excluding carboxylic acids is 1. The first kappa shape index (κ1) is 20.4. The maximum absolute atomic E-state index is 12.8. The Hall–Kier alpha value is -2.36. The van der Waals surface area contributed by atoms with Crippen molar-refractivity contribution in [3.05, 3.63) is 33.9 Å². The summed E-state index contributed by atoms with van der Waals surface area (Å²) in [6.07, 6.45) is -1.90. The molecule has 7 nitrogen and oxygen atoms in total. The lowest BCUT2D eigenvalue weighted by Gasteiger charge is -2.23. The number of anilines is 1. The SMILES string of the molecule is O=C(c1ccc(N2CCCC2)c([N+](=O)[O-])c1)N1CCCN(CC(F)(F)F)CC1. The van der Waals surface area contributed by atoms with E-state index in [9.17, 15) is 28.1 Å². The molecule has 1 aromatic rings. The number of hydrogen-bond donors (Lipinski definition) is 0. The maximum Gasteiger partial charge on any atom is 0.401 e. The average Bonchev–Trinajstić information content (AvgIpc) is 3.07. The highest BCUT2D eigenvalue weighted by Gasteiger charge is 2.32. The second kappa shape index (κ2) is 8.34. The molecule has 0 N–H and O–H groups in total. The molecule has 2 saturated heterocycles. The van der Waals surface area contributed by atoms with Gasteiger partial charge in [-0.1, -0.05) is 0 Å². The zero-order chi connectivity index (χ0) is 20.3. The predicted molar refractivity (Wildman–Crippen MR) is 97.6 cm³/mol. The van der Waals surface area contributed by atoms with Gasteiger partial charge in [0.25, 0.3) is 11.6 Å². The smallest absolute Gasteiger partial charge is 0.366 e. The molecular formula is C18H23F3N4O3. The van der Waals surface area contributed by atoms with E-state index < -0.39 is 17.6 Å². The maximum atomic E-state index is 12.8. The summed E-state index contributed by atoms with van der Waals surface area (Å²) in [6, 6.07) is 4.46. The van der Waals surface area contributed by atoms with Gasteiger partial charge in [-0.3, -0.25) is 19.8 Å². The standard InChI is InChI=1S/C18H23F3N4O3/c19-18(20,21)13-22-6-3-9-24(11-10-22)17(26)14-4-5-15(16(12-14)25(27)28)23-7-1-2-8-23/h4-5,12H,1-3,6-11,13H2.